The zero-order valence-electron chi connectivity index (χ0n) is 15.7. The molecule has 2 amide bonds. The Hall–Kier alpha value is -2.44. The summed E-state index contributed by atoms with van der Waals surface area (Å²) in [6.07, 6.45) is 0.0521. The predicted molar refractivity (Wildman–Crippen MR) is 106 cm³/mol. The van der Waals surface area contributed by atoms with Crippen LogP contribution in [0.15, 0.2) is 42.5 Å². The van der Waals surface area contributed by atoms with E-state index in [2.05, 4.69) is 10.6 Å². The number of carbonyl (C=O) groups is 2. The van der Waals surface area contributed by atoms with Crippen molar-refractivity contribution >= 4 is 23.4 Å². The molecule has 148 valence electrons. The highest BCUT2D eigenvalue weighted by molar-refractivity contribution is 6.31. The summed E-state index contributed by atoms with van der Waals surface area (Å²) in [6.45, 7) is 3.88. The normalized spacial score (nSPS) is 17.2. The highest BCUT2D eigenvalue weighted by Gasteiger charge is 2.31. The molecule has 1 heterocycles. The molecule has 1 unspecified atom stereocenters. The molecule has 2 N–H and O–H groups in total. The van der Waals surface area contributed by atoms with E-state index in [9.17, 15) is 14.0 Å². The van der Waals surface area contributed by atoms with E-state index in [1.54, 1.807) is 6.07 Å². The second-order valence-corrected chi connectivity index (χ2v) is 7.33. The molecule has 1 atom stereocenters. The number of halogens is 2. The molecule has 1 fully saturated rings. The van der Waals surface area contributed by atoms with Crippen LogP contribution in [0.25, 0.3) is 0 Å². The number of aryl methyl sites for hydroxylation is 1. The van der Waals surface area contributed by atoms with Gasteiger partial charge in [0, 0.05) is 31.2 Å². The van der Waals surface area contributed by atoms with Crippen LogP contribution in [0, 0.1) is 12.7 Å². The summed E-state index contributed by atoms with van der Waals surface area (Å²) in [5, 5.41) is 6.01. The topological polar surface area (TPSA) is 61.4 Å². The van der Waals surface area contributed by atoms with E-state index in [0.29, 0.717) is 31.2 Å². The number of hydrogen-bond donors (Lipinski definition) is 2. The molecule has 0 saturated carbocycles. The zero-order chi connectivity index (χ0) is 20.1. The number of piperazine rings is 1. The molecule has 0 radical (unpaired) electrons. The molecule has 0 spiro atoms. The molecule has 1 saturated heterocycles. The molecular formula is C21H23ClFN3O2. The number of nitrogens with one attached hydrogen (secondary N) is 2. The van der Waals surface area contributed by atoms with Gasteiger partial charge >= 0.3 is 0 Å². The van der Waals surface area contributed by atoms with Crippen LogP contribution in [0.2, 0.25) is 5.02 Å². The molecule has 28 heavy (non-hydrogen) atoms. The van der Waals surface area contributed by atoms with Crippen molar-refractivity contribution in [1.29, 1.82) is 0 Å². The van der Waals surface area contributed by atoms with Gasteiger partial charge in [0.25, 0.3) is 0 Å². The van der Waals surface area contributed by atoms with Gasteiger partial charge in [-0.3, -0.25) is 14.5 Å². The second kappa shape index (κ2) is 9.17. The Morgan fingerprint density at radius 3 is 2.82 bits per heavy atom. The van der Waals surface area contributed by atoms with Gasteiger partial charge in [-0.2, -0.15) is 0 Å². The van der Waals surface area contributed by atoms with Crippen molar-refractivity contribution in [1.82, 2.24) is 15.5 Å². The molecule has 5 nitrogen and oxygen atoms in total. The fourth-order valence-corrected chi connectivity index (χ4v) is 3.52. The summed E-state index contributed by atoms with van der Waals surface area (Å²) in [5.74, 6) is -0.784. The average molecular weight is 404 g/mol. The summed E-state index contributed by atoms with van der Waals surface area (Å²) >= 11 is 6.12. The Bertz CT molecular complexity index is 874. The summed E-state index contributed by atoms with van der Waals surface area (Å²) < 4.78 is 13.3. The predicted octanol–water partition coefficient (Wildman–Crippen LogP) is 2.79. The van der Waals surface area contributed by atoms with Gasteiger partial charge in [-0.25, -0.2) is 4.39 Å². The molecule has 3 rings (SSSR count). The van der Waals surface area contributed by atoms with Gasteiger partial charge in [-0.1, -0.05) is 41.9 Å². The number of nitrogens with zero attached hydrogens (tertiary/aromatic N) is 1. The minimum Gasteiger partial charge on any atom is -0.353 e. The van der Waals surface area contributed by atoms with Crippen LogP contribution >= 0.6 is 11.6 Å². The first-order chi connectivity index (χ1) is 13.4. The number of benzene rings is 2. The van der Waals surface area contributed by atoms with Crippen LogP contribution in [0.1, 0.15) is 23.1 Å². The summed E-state index contributed by atoms with van der Waals surface area (Å²) in [6, 6.07) is 11.4. The quantitative estimate of drug-likeness (QED) is 0.779. The molecule has 2 aromatic rings. The lowest BCUT2D eigenvalue weighted by atomic mass is 10.1. The van der Waals surface area contributed by atoms with Gasteiger partial charge in [-0.15, -0.1) is 0 Å². The third-order valence-corrected chi connectivity index (χ3v) is 5.30. The van der Waals surface area contributed by atoms with Crippen LogP contribution in [-0.2, 0) is 22.7 Å². The minimum absolute atomic E-state index is 0.0521. The summed E-state index contributed by atoms with van der Waals surface area (Å²) in [4.78, 5) is 26.7. The number of carbonyl (C=O) groups excluding carboxylic acids is 2. The van der Waals surface area contributed by atoms with E-state index in [-0.39, 0.29) is 18.2 Å². The smallest absolute Gasteiger partial charge is 0.237 e. The van der Waals surface area contributed by atoms with Crippen LogP contribution in [0.3, 0.4) is 0 Å². The Morgan fingerprint density at radius 2 is 2.07 bits per heavy atom. The van der Waals surface area contributed by atoms with E-state index >= 15 is 0 Å². The van der Waals surface area contributed by atoms with Gasteiger partial charge in [0.15, 0.2) is 0 Å². The van der Waals surface area contributed by atoms with E-state index < -0.39 is 11.9 Å². The number of amides is 2. The molecular weight excluding hydrogens is 381 g/mol. The van der Waals surface area contributed by atoms with E-state index in [0.717, 1.165) is 16.7 Å². The molecule has 2 aromatic carbocycles. The minimum atomic E-state index is -0.591. The van der Waals surface area contributed by atoms with Crippen molar-refractivity contribution in [3.05, 3.63) is 70.0 Å². The molecule has 1 aliphatic rings. The van der Waals surface area contributed by atoms with Gasteiger partial charge in [-0.05, 0) is 35.7 Å². The fraction of sp³-hybridized carbons (Fsp3) is 0.333. The SMILES string of the molecule is Cc1ccccc1CNC(=O)CC1C(=O)NCCN1Cc1ccc(F)cc1Cl. The largest absolute Gasteiger partial charge is 0.353 e. The lowest BCUT2D eigenvalue weighted by Crippen LogP contribution is -2.56. The highest BCUT2D eigenvalue weighted by Crippen LogP contribution is 2.21. The van der Waals surface area contributed by atoms with E-state index in [1.807, 2.05) is 36.1 Å². The summed E-state index contributed by atoms with van der Waals surface area (Å²) in [7, 11) is 0. The van der Waals surface area contributed by atoms with Crippen molar-refractivity contribution in [3.63, 3.8) is 0 Å². The summed E-state index contributed by atoms with van der Waals surface area (Å²) in [5.41, 5.74) is 2.87. The van der Waals surface area contributed by atoms with Gasteiger partial charge < -0.3 is 10.6 Å². The van der Waals surface area contributed by atoms with Gasteiger partial charge in [0.2, 0.25) is 11.8 Å². The Balaban J connectivity index is 1.64. The monoisotopic (exact) mass is 403 g/mol. The number of rotatable bonds is 6. The third-order valence-electron chi connectivity index (χ3n) is 4.95. The zero-order valence-corrected chi connectivity index (χ0v) is 16.4. The third kappa shape index (κ3) is 5.09. The highest BCUT2D eigenvalue weighted by atomic mass is 35.5. The van der Waals surface area contributed by atoms with Crippen LogP contribution in [-0.4, -0.2) is 35.8 Å². The van der Waals surface area contributed by atoms with Crippen LogP contribution in [0.5, 0.6) is 0 Å². The average Bonchev–Trinajstić information content (AvgIpc) is 2.66. The van der Waals surface area contributed by atoms with Crippen molar-refractivity contribution < 1.29 is 14.0 Å². The first-order valence-electron chi connectivity index (χ1n) is 9.21. The molecule has 0 aromatic heterocycles. The fourth-order valence-electron chi connectivity index (χ4n) is 3.29. The van der Waals surface area contributed by atoms with E-state index in [1.165, 1.54) is 12.1 Å². The molecule has 0 bridgehead atoms. The van der Waals surface area contributed by atoms with Gasteiger partial charge in [0.1, 0.15) is 5.82 Å². The van der Waals surface area contributed by atoms with Gasteiger partial charge in [0.05, 0.1) is 12.5 Å². The lowest BCUT2D eigenvalue weighted by Gasteiger charge is -2.34. The van der Waals surface area contributed by atoms with Crippen molar-refractivity contribution in [2.75, 3.05) is 13.1 Å². The standard InChI is InChI=1S/C21H23ClFN3O2/c1-14-4-2-3-5-15(14)12-25-20(27)11-19-21(28)24-8-9-26(19)13-16-6-7-17(23)10-18(16)22/h2-7,10,19H,8-9,11-13H2,1H3,(H,24,28)(H,25,27). The lowest BCUT2D eigenvalue weighted by molar-refractivity contribution is -0.134. The van der Waals surface area contributed by atoms with Crippen LogP contribution in [0.4, 0.5) is 4.39 Å². The maximum atomic E-state index is 13.3. The van der Waals surface area contributed by atoms with Crippen LogP contribution < -0.4 is 10.6 Å². The maximum Gasteiger partial charge on any atom is 0.237 e. The first-order valence-corrected chi connectivity index (χ1v) is 9.58. The van der Waals surface area contributed by atoms with E-state index in [4.69, 9.17) is 11.6 Å². The Morgan fingerprint density at radius 1 is 1.29 bits per heavy atom. The first kappa shape index (κ1) is 20.3. The number of hydrogen-bond acceptors (Lipinski definition) is 3. The van der Waals surface area contributed by atoms with Crippen molar-refractivity contribution in [2.24, 2.45) is 0 Å². The molecule has 1 aliphatic heterocycles. The van der Waals surface area contributed by atoms with Crippen molar-refractivity contribution in [3.8, 4) is 0 Å². The molecule has 0 aliphatic carbocycles. The Kier molecular flexibility index (Phi) is 6.65. The molecule has 7 heteroatoms. The maximum absolute atomic E-state index is 13.3. The van der Waals surface area contributed by atoms with Crippen molar-refractivity contribution in [2.45, 2.75) is 32.5 Å². The second-order valence-electron chi connectivity index (χ2n) is 6.92. The Labute approximate surface area is 168 Å².